The summed E-state index contributed by atoms with van der Waals surface area (Å²) in [5.41, 5.74) is 8.55. The SMILES string of the molecule is CN1CCc2ccc(OC(=O)N3CCc4ccc([N+](=O)[O-])cc43)cc2C1C(N)=O. The van der Waals surface area contributed by atoms with E-state index in [9.17, 15) is 19.7 Å². The highest BCUT2D eigenvalue weighted by Gasteiger charge is 2.31. The number of carbonyl (C=O) groups excluding carboxylic acids is 2. The van der Waals surface area contributed by atoms with E-state index in [1.807, 2.05) is 18.0 Å². The van der Waals surface area contributed by atoms with Crippen LogP contribution in [0.4, 0.5) is 16.2 Å². The molecule has 9 nitrogen and oxygen atoms in total. The van der Waals surface area contributed by atoms with E-state index in [2.05, 4.69) is 0 Å². The molecule has 2 N–H and O–H groups in total. The van der Waals surface area contributed by atoms with Crippen molar-refractivity contribution < 1.29 is 19.2 Å². The van der Waals surface area contributed by atoms with Crippen LogP contribution in [0.3, 0.4) is 0 Å². The van der Waals surface area contributed by atoms with Crippen LogP contribution in [-0.4, -0.2) is 42.0 Å². The van der Waals surface area contributed by atoms with E-state index in [1.54, 1.807) is 18.2 Å². The van der Waals surface area contributed by atoms with Gasteiger partial charge in [-0.25, -0.2) is 4.79 Å². The summed E-state index contributed by atoms with van der Waals surface area (Å²) in [6.45, 7) is 1.09. The van der Waals surface area contributed by atoms with Crippen molar-refractivity contribution in [1.29, 1.82) is 0 Å². The number of carbonyl (C=O) groups is 2. The maximum atomic E-state index is 12.7. The number of amides is 2. The molecule has 9 heteroatoms. The first-order valence-electron chi connectivity index (χ1n) is 9.24. The summed E-state index contributed by atoms with van der Waals surface area (Å²) in [6, 6.07) is 9.09. The number of likely N-dealkylation sites (N-methyl/N-ethyl adjacent to an activating group) is 1. The average molecular weight is 396 g/mol. The van der Waals surface area contributed by atoms with Crippen molar-refractivity contribution in [3.63, 3.8) is 0 Å². The lowest BCUT2D eigenvalue weighted by Crippen LogP contribution is -2.40. The number of hydrogen-bond donors (Lipinski definition) is 1. The van der Waals surface area contributed by atoms with Crippen LogP contribution in [0.15, 0.2) is 36.4 Å². The van der Waals surface area contributed by atoms with Crippen molar-refractivity contribution in [2.45, 2.75) is 18.9 Å². The van der Waals surface area contributed by atoms with Crippen LogP contribution in [0.5, 0.6) is 5.75 Å². The largest absolute Gasteiger partial charge is 0.419 e. The van der Waals surface area contributed by atoms with Crippen LogP contribution in [0, 0.1) is 10.1 Å². The number of anilines is 1. The first-order chi connectivity index (χ1) is 13.8. The minimum atomic E-state index is -0.621. The lowest BCUT2D eigenvalue weighted by atomic mass is 9.92. The second-order valence-electron chi connectivity index (χ2n) is 7.24. The quantitative estimate of drug-likeness (QED) is 0.627. The van der Waals surface area contributed by atoms with Crippen LogP contribution >= 0.6 is 0 Å². The molecule has 0 bridgehead atoms. The Labute approximate surface area is 166 Å². The van der Waals surface area contributed by atoms with Gasteiger partial charge in [-0.05, 0) is 48.7 Å². The fourth-order valence-electron chi connectivity index (χ4n) is 3.98. The Bertz CT molecular complexity index is 1020. The number of ether oxygens (including phenoxy) is 1. The lowest BCUT2D eigenvalue weighted by Gasteiger charge is -2.32. The van der Waals surface area contributed by atoms with Crippen molar-refractivity contribution >= 4 is 23.4 Å². The number of nitrogens with zero attached hydrogens (tertiary/aromatic N) is 3. The van der Waals surface area contributed by atoms with Gasteiger partial charge in [0.15, 0.2) is 0 Å². The monoisotopic (exact) mass is 396 g/mol. The molecule has 2 aliphatic rings. The van der Waals surface area contributed by atoms with E-state index in [4.69, 9.17) is 10.5 Å². The molecule has 0 aromatic heterocycles. The fourth-order valence-corrected chi connectivity index (χ4v) is 3.98. The summed E-state index contributed by atoms with van der Waals surface area (Å²) in [5, 5.41) is 11.0. The number of non-ortho nitro benzene ring substituents is 1. The molecule has 0 radical (unpaired) electrons. The van der Waals surface area contributed by atoms with Gasteiger partial charge in [0.25, 0.3) is 5.69 Å². The molecule has 0 saturated heterocycles. The average Bonchev–Trinajstić information content (AvgIpc) is 3.10. The van der Waals surface area contributed by atoms with E-state index >= 15 is 0 Å². The molecular formula is C20H20N4O5. The first-order valence-corrected chi connectivity index (χ1v) is 9.24. The number of hydrogen-bond acceptors (Lipinski definition) is 6. The standard InChI is InChI=1S/C20H20N4O5/c1-22-8-6-12-3-5-15(11-16(12)18(22)19(21)25)29-20(26)23-9-7-13-2-4-14(24(27)28)10-17(13)23/h2-5,10-11,18H,6-9H2,1H3,(H2,21,25). The maximum absolute atomic E-state index is 12.7. The normalized spacial score (nSPS) is 18.1. The van der Waals surface area contributed by atoms with Gasteiger partial charge < -0.3 is 10.5 Å². The summed E-state index contributed by atoms with van der Waals surface area (Å²) < 4.78 is 5.53. The van der Waals surface area contributed by atoms with Crippen molar-refractivity contribution in [1.82, 2.24) is 4.90 Å². The molecule has 2 aromatic carbocycles. The molecule has 29 heavy (non-hydrogen) atoms. The van der Waals surface area contributed by atoms with Gasteiger partial charge in [-0.1, -0.05) is 12.1 Å². The number of primary amides is 1. The van der Waals surface area contributed by atoms with Gasteiger partial charge in [0.1, 0.15) is 11.8 Å². The van der Waals surface area contributed by atoms with Crippen molar-refractivity contribution in [3.8, 4) is 5.75 Å². The molecule has 2 aliphatic heterocycles. The third kappa shape index (κ3) is 3.40. The van der Waals surface area contributed by atoms with Crippen LogP contribution in [0.2, 0.25) is 0 Å². The summed E-state index contributed by atoms with van der Waals surface area (Å²) in [5.74, 6) is -0.160. The van der Waals surface area contributed by atoms with Crippen molar-refractivity contribution in [2.75, 3.05) is 25.0 Å². The molecule has 2 aromatic rings. The Morgan fingerprint density at radius 2 is 1.86 bits per heavy atom. The minimum Gasteiger partial charge on any atom is -0.410 e. The second kappa shape index (κ2) is 7.17. The van der Waals surface area contributed by atoms with Crippen LogP contribution in [0.1, 0.15) is 22.7 Å². The zero-order valence-electron chi connectivity index (χ0n) is 15.8. The Hall–Kier alpha value is -3.46. The zero-order chi connectivity index (χ0) is 20.7. The van der Waals surface area contributed by atoms with Gasteiger partial charge in [0, 0.05) is 25.2 Å². The van der Waals surface area contributed by atoms with Gasteiger partial charge in [0.2, 0.25) is 5.91 Å². The predicted molar refractivity (Wildman–Crippen MR) is 105 cm³/mol. The number of fused-ring (bicyclic) bond motifs is 2. The fraction of sp³-hybridized carbons (Fsp3) is 0.300. The van der Waals surface area contributed by atoms with Gasteiger partial charge in [0.05, 0.1) is 10.6 Å². The molecule has 2 amide bonds. The Balaban J connectivity index is 1.59. The third-order valence-corrected chi connectivity index (χ3v) is 5.46. The van der Waals surface area contributed by atoms with Gasteiger partial charge in [-0.3, -0.25) is 24.7 Å². The molecular weight excluding hydrogens is 376 g/mol. The Morgan fingerprint density at radius 1 is 1.14 bits per heavy atom. The van der Waals surface area contributed by atoms with Crippen LogP contribution in [0.25, 0.3) is 0 Å². The first kappa shape index (κ1) is 18.9. The summed E-state index contributed by atoms with van der Waals surface area (Å²) in [7, 11) is 1.82. The van der Waals surface area contributed by atoms with E-state index in [-0.39, 0.29) is 5.69 Å². The molecule has 0 fully saturated rings. The number of nitrogens with two attached hydrogens (primary N) is 1. The van der Waals surface area contributed by atoms with Crippen LogP contribution in [-0.2, 0) is 17.6 Å². The Morgan fingerprint density at radius 3 is 2.59 bits per heavy atom. The molecule has 1 atom stereocenters. The molecule has 0 saturated carbocycles. The second-order valence-corrected chi connectivity index (χ2v) is 7.24. The number of nitro groups is 1. The highest BCUT2D eigenvalue weighted by Crippen LogP contribution is 2.34. The summed E-state index contributed by atoms with van der Waals surface area (Å²) in [4.78, 5) is 38.4. The topological polar surface area (TPSA) is 119 Å². The number of benzene rings is 2. The van der Waals surface area contributed by atoms with Gasteiger partial charge >= 0.3 is 6.09 Å². The smallest absolute Gasteiger partial charge is 0.410 e. The minimum absolute atomic E-state index is 0.0791. The van der Waals surface area contributed by atoms with E-state index in [0.717, 1.165) is 23.1 Å². The lowest BCUT2D eigenvalue weighted by molar-refractivity contribution is -0.384. The van der Waals surface area contributed by atoms with E-state index in [1.165, 1.54) is 17.0 Å². The molecule has 150 valence electrons. The zero-order valence-corrected chi connectivity index (χ0v) is 15.8. The highest BCUT2D eigenvalue weighted by molar-refractivity contribution is 5.92. The third-order valence-electron chi connectivity index (χ3n) is 5.46. The number of rotatable bonds is 3. The summed E-state index contributed by atoms with van der Waals surface area (Å²) >= 11 is 0. The number of nitro benzene ring substituents is 1. The maximum Gasteiger partial charge on any atom is 0.419 e. The van der Waals surface area contributed by atoms with E-state index < -0.39 is 23.0 Å². The van der Waals surface area contributed by atoms with Gasteiger partial charge in [-0.2, -0.15) is 0 Å². The van der Waals surface area contributed by atoms with Crippen molar-refractivity contribution in [2.24, 2.45) is 5.73 Å². The van der Waals surface area contributed by atoms with E-state index in [0.29, 0.717) is 30.9 Å². The Kier molecular flexibility index (Phi) is 4.67. The highest BCUT2D eigenvalue weighted by atomic mass is 16.6. The molecule has 0 spiro atoms. The van der Waals surface area contributed by atoms with Gasteiger partial charge in [-0.15, -0.1) is 0 Å². The molecule has 2 heterocycles. The molecule has 1 unspecified atom stereocenters. The summed E-state index contributed by atoms with van der Waals surface area (Å²) in [6.07, 6.45) is 0.748. The predicted octanol–water partition coefficient (Wildman–Crippen LogP) is 2.17. The molecule has 4 rings (SSSR count). The van der Waals surface area contributed by atoms with Crippen molar-refractivity contribution in [3.05, 3.63) is 63.2 Å². The molecule has 0 aliphatic carbocycles. The van der Waals surface area contributed by atoms with Crippen LogP contribution < -0.4 is 15.4 Å².